The Morgan fingerprint density at radius 2 is 1.80 bits per heavy atom. The van der Waals surface area contributed by atoms with Gasteiger partial charge in [0.2, 0.25) is 5.60 Å². The van der Waals surface area contributed by atoms with E-state index in [0.29, 0.717) is 0 Å². The van der Waals surface area contributed by atoms with E-state index < -0.39 is 11.6 Å². The van der Waals surface area contributed by atoms with Crippen LogP contribution in [-0.4, -0.2) is 24.1 Å². The van der Waals surface area contributed by atoms with Gasteiger partial charge in [0.1, 0.15) is 0 Å². The predicted octanol–water partition coefficient (Wildman–Crippen LogP) is -0.294. The van der Waals surface area contributed by atoms with Crippen molar-refractivity contribution in [3.05, 3.63) is 0 Å². The van der Waals surface area contributed by atoms with Crippen molar-refractivity contribution in [2.45, 2.75) is 19.4 Å². The number of aldehydes is 2. The topological polar surface area (TPSA) is 60.4 Å². The van der Waals surface area contributed by atoms with Crippen LogP contribution in [-0.2, 0) is 19.1 Å². The fourth-order valence-electron chi connectivity index (χ4n) is 0.386. The van der Waals surface area contributed by atoms with E-state index in [4.69, 9.17) is 0 Å². The molecule has 0 heterocycles. The van der Waals surface area contributed by atoms with Gasteiger partial charge in [-0.25, -0.2) is 0 Å². The van der Waals surface area contributed by atoms with Crippen LogP contribution in [0.1, 0.15) is 13.8 Å². The molecule has 4 nitrogen and oxygen atoms in total. The highest BCUT2D eigenvalue weighted by Gasteiger charge is 2.25. The van der Waals surface area contributed by atoms with Crippen LogP contribution < -0.4 is 0 Å². The maximum Gasteiger partial charge on any atom is 0.304 e. The van der Waals surface area contributed by atoms with Crippen LogP contribution in [0.25, 0.3) is 0 Å². The molecule has 0 N–H and O–H groups in total. The van der Waals surface area contributed by atoms with Crippen molar-refractivity contribution < 1.29 is 19.1 Å². The van der Waals surface area contributed by atoms with E-state index in [1.807, 2.05) is 0 Å². The van der Waals surface area contributed by atoms with Crippen molar-refractivity contribution in [3.8, 4) is 0 Å². The summed E-state index contributed by atoms with van der Waals surface area (Å²) in [5, 5.41) is 0. The van der Waals surface area contributed by atoms with Gasteiger partial charge in [-0.2, -0.15) is 0 Å². The average molecular weight is 144 g/mol. The van der Waals surface area contributed by atoms with Gasteiger partial charge in [0.05, 0.1) is 0 Å². The zero-order chi connectivity index (χ0) is 8.20. The standard InChI is InChI=1S/C6H8O4/c1-5(9)10-6(2,3-7)4-8/h3-4H,1-2H3. The first-order valence-electron chi connectivity index (χ1n) is 2.66. The number of rotatable bonds is 3. The Morgan fingerprint density at radius 3 is 1.90 bits per heavy atom. The molecule has 0 radical (unpaired) electrons. The van der Waals surface area contributed by atoms with Crippen LogP contribution >= 0.6 is 0 Å². The SMILES string of the molecule is CC(=O)OC(C)(C=O)C=O. The normalized spacial score (nSPS) is 10.2. The molecular weight excluding hydrogens is 136 g/mol. The number of carbonyl (C=O) groups is 3. The minimum atomic E-state index is -1.61. The lowest BCUT2D eigenvalue weighted by atomic mass is 10.2. The van der Waals surface area contributed by atoms with Gasteiger partial charge < -0.3 is 4.74 Å². The molecule has 0 fully saturated rings. The van der Waals surface area contributed by atoms with Crippen LogP contribution in [0.2, 0.25) is 0 Å². The predicted molar refractivity (Wildman–Crippen MR) is 32.3 cm³/mol. The molecule has 0 aliphatic carbocycles. The smallest absolute Gasteiger partial charge is 0.304 e. The Bertz CT molecular complexity index is 153. The van der Waals surface area contributed by atoms with Gasteiger partial charge in [-0.1, -0.05) is 0 Å². The lowest BCUT2D eigenvalue weighted by Crippen LogP contribution is -2.34. The molecule has 4 heteroatoms. The first-order chi connectivity index (χ1) is 4.54. The minimum absolute atomic E-state index is 0.279. The Labute approximate surface area is 58.2 Å². The van der Waals surface area contributed by atoms with Gasteiger partial charge in [-0.15, -0.1) is 0 Å². The van der Waals surface area contributed by atoms with E-state index >= 15 is 0 Å². The molecule has 0 spiro atoms. The summed E-state index contributed by atoms with van der Waals surface area (Å²) in [6.07, 6.45) is 0.558. The maximum absolute atomic E-state index is 10.2. The summed E-state index contributed by atoms with van der Waals surface area (Å²) in [5.74, 6) is -0.651. The third-order valence-electron chi connectivity index (χ3n) is 0.832. The molecule has 0 aromatic carbocycles. The zero-order valence-electron chi connectivity index (χ0n) is 5.79. The fraction of sp³-hybridized carbons (Fsp3) is 0.500. The second kappa shape index (κ2) is 3.10. The Morgan fingerprint density at radius 1 is 1.40 bits per heavy atom. The number of esters is 1. The second-order valence-electron chi connectivity index (χ2n) is 2.01. The number of ether oxygens (including phenoxy) is 1. The molecule has 0 amide bonds. The molecular formula is C6H8O4. The molecule has 0 bridgehead atoms. The van der Waals surface area contributed by atoms with E-state index in [0.717, 1.165) is 6.92 Å². The third-order valence-corrected chi connectivity index (χ3v) is 0.832. The molecule has 0 atom stereocenters. The van der Waals surface area contributed by atoms with Crippen molar-refractivity contribution in [2.75, 3.05) is 0 Å². The van der Waals surface area contributed by atoms with Gasteiger partial charge in [0, 0.05) is 6.92 Å². The van der Waals surface area contributed by atoms with Gasteiger partial charge in [0.15, 0.2) is 12.6 Å². The van der Waals surface area contributed by atoms with Gasteiger partial charge in [0.25, 0.3) is 0 Å². The highest BCUT2D eigenvalue weighted by molar-refractivity contribution is 5.89. The summed E-state index contributed by atoms with van der Waals surface area (Å²) < 4.78 is 4.36. The van der Waals surface area contributed by atoms with Crippen LogP contribution in [0.3, 0.4) is 0 Å². The highest BCUT2D eigenvalue weighted by Crippen LogP contribution is 2.01. The van der Waals surface area contributed by atoms with E-state index in [2.05, 4.69) is 4.74 Å². The maximum atomic E-state index is 10.2. The Hall–Kier alpha value is -1.19. The summed E-state index contributed by atoms with van der Waals surface area (Å²) in [6.45, 7) is 2.35. The van der Waals surface area contributed by atoms with Crippen LogP contribution in [0.15, 0.2) is 0 Å². The van der Waals surface area contributed by atoms with E-state index in [9.17, 15) is 14.4 Å². The van der Waals surface area contributed by atoms with Gasteiger partial charge in [-0.3, -0.25) is 14.4 Å². The van der Waals surface area contributed by atoms with Crippen molar-refractivity contribution in [3.63, 3.8) is 0 Å². The highest BCUT2D eigenvalue weighted by atomic mass is 16.6. The zero-order valence-corrected chi connectivity index (χ0v) is 5.79. The van der Waals surface area contributed by atoms with Crippen LogP contribution in [0.4, 0.5) is 0 Å². The summed E-state index contributed by atoms with van der Waals surface area (Å²) in [6, 6.07) is 0. The minimum Gasteiger partial charge on any atom is -0.444 e. The van der Waals surface area contributed by atoms with E-state index in [1.165, 1.54) is 6.92 Å². The third kappa shape index (κ3) is 2.39. The van der Waals surface area contributed by atoms with Gasteiger partial charge >= 0.3 is 5.97 Å². The van der Waals surface area contributed by atoms with Crippen LogP contribution in [0.5, 0.6) is 0 Å². The molecule has 0 aromatic heterocycles. The molecule has 10 heavy (non-hydrogen) atoms. The van der Waals surface area contributed by atoms with E-state index in [-0.39, 0.29) is 12.6 Å². The summed E-state index contributed by atoms with van der Waals surface area (Å²) in [7, 11) is 0. The Balaban J connectivity index is 4.19. The van der Waals surface area contributed by atoms with E-state index in [1.54, 1.807) is 0 Å². The summed E-state index contributed by atoms with van der Waals surface area (Å²) >= 11 is 0. The molecule has 0 aromatic rings. The summed E-state index contributed by atoms with van der Waals surface area (Å²) in [5.41, 5.74) is -1.61. The van der Waals surface area contributed by atoms with Crippen LogP contribution in [0, 0.1) is 0 Å². The molecule has 0 saturated heterocycles. The van der Waals surface area contributed by atoms with Crippen molar-refractivity contribution in [1.82, 2.24) is 0 Å². The van der Waals surface area contributed by atoms with Gasteiger partial charge in [-0.05, 0) is 6.92 Å². The average Bonchev–Trinajstić information content (AvgIpc) is 1.87. The monoisotopic (exact) mass is 144 g/mol. The molecule has 0 aliphatic rings. The Kier molecular flexibility index (Phi) is 2.73. The lowest BCUT2D eigenvalue weighted by molar-refractivity contribution is -0.161. The first-order valence-corrected chi connectivity index (χ1v) is 2.66. The fourth-order valence-corrected chi connectivity index (χ4v) is 0.386. The molecule has 0 unspecified atom stereocenters. The molecule has 56 valence electrons. The number of hydrogen-bond donors (Lipinski definition) is 0. The molecule has 0 rings (SSSR count). The second-order valence-corrected chi connectivity index (χ2v) is 2.01. The molecule has 0 aliphatic heterocycles. The number of hydrogen-bond acceptors (Lipinski definition) is 4. The van der Waals surface area contributed by atoms with Crippen molar-refractivity contribution in [2.24, 2.45) is 0 Å². The quantitative estimate of drug-likeness (QED) is 0.310. The lowest BCUT2D eigenvalue weighted by Gasteiger charge is -2.14. The first kappa shape index (κ1) is 8.81. The largest absolute Gasteiger partial charge is 0.444 e. The van der Waals surface area contributed by atoms with Crippen molar-refractivity contribution >= 4 is 18.5 Å². The number of carbonyl (C=O) groups excluding carboxylic acids is 3. The molecule has 0 saturated carbocycles. The summed E-state index contributed by atoms with van der Waals surface area (Å²) in [4.78, 5) is 30.4. The van der Waals surface area contributed by atoms with Crippen molar-refractivity contribution in [1.29, 1.82) is 0 Å².